The van der Waals surface area contributed by atoms with Gasteiger partial charge in [0.15, 0.2) is 0 Å². The lowest BCUT2D eigenvalue weighted by Gasteiger charge is -2.23. The van der Waals surface area contributed by atoms with E-state index in [1.54, 1.807) is 36.4 Å². The molecular formula is C55H68B2O7. The number of phenolic OH excluding ortho intramolecular Hbond substituents is 2. The summed E-state index contributed by atoms with van der Waals surface area (Å²) in [4.78, 5) is 0. The van der Waals surface area contributed by atoms with E-state index in [4.69, 9.17) is 23.3 Å². The van der Waals surface area contributed by atoms with E-state index in [0.29, 0.717) is 40.0 Å². The molecule has 2 N–H and O–H groups in total. The van der Waals surface area contributed by atoms with E-state index in [9.17, 15) is 10.2 Å². The molecule has 0 atom stereocenters. The Balaban J connectivity index is 0.000000611. The molecule has 0 fully saturated rings. The first-order valence-corrected chi connectivity index (χ1v) is 22.6. The third-order valence-corrected chi connectivity index (χ3v) is 11.1. The molecule has 0 aliphatic rings. The Bertz CT molecular complexity index is 2430. The highest BCUT2D eigenvalue weighted by atomic mass is 16.7. The van der Waals surface area contributed by atoms with Crippen molar-refractivity contribution in [1.82, 2.24) is 0 Å². The Kier molecular flexibility index (Phi) is 16.9. The Morgan fingerprint density at radius 1 is 0.391 bits per heavy atom. The number of phenols is 2. The summed E-state index contributed by atoms with van der Waals surface area (Å²) in [5, 5.41) is 21.3. The monoisotopic (exact) mass is 863 g/mol. The highest BCUT2D eigenvalue weighted by Gasteiger charge is 2.34. The normalized spacial score (nSPS) is 11.1. The maximum Gasteiger partial charge on any atom is 0.864 e. The Hall–Kier alpha value is -5.95. The summed E-state index contributed by atoms with van der Waals surface area (Å²) in [5.41, 5.74) is 11.9. The predicted octanol–water partition coefficient (Wildman–Crippen LogP) is 14.5. The van der Waals surface area contributed by atoms with E-state index in [1.807, 2.05) is 45.8 Å². The van der Waals surface area contributed by atoms with Crippen molar-refractivity contribution in [2.75, 3.05) is 0 Å². The zero-order valence-electron chi connectivity index (χ0n) is 40.5. The molecule has 0 spiro atoms. The molecule has 6 rings (SSSR count). The van der Waals surface area contributed by atoms with Crippen molar-refractivity contribution in [2.24, 2.45) is 0 Å². The predicted molar refractivity (Wildman–Crippen MR) is 265 cm³/mol. The molecule has 9 heteroatoms. The van der Waals surface area contributed by atoms with Crippen molar-refractivity contribution in [1.29, 1.82) is 0 Å². The van der Waals surface area contributed by atoms with Crippen molar-refractivity contribution in [3.8, 4) is 40.2 Å². The van der Waals surface area contributed by atoms with E-state index >= 15 is 0 Å². The fourth-order valence-corrected chi connectivity index (χ4v) is 7.74. The average molecular weight is 863 g/mol. The molecule has 0 saturated carbocycles. The summed E-state index contributed by atoms with van der Waals surface area (Å²) in [6, 6.07) is 35.0. The van der Waals surface area contributed by atoms with E-state index in [0.717, 1.165) is 39.1 Å². The Labute approximate surface area is 384 Å². The van der Waals surface area contributed by atoms with Gasteiger partial charge in [0.25, 0.3) is 0 Å². The van der Waals surface area contributed by atoms with Crippen molar-refractivity contribution in [2.45, 2.75) is 127 Å². The first-order chi connectivity index (χ1) is 30.3. The van der Waals surface area contributed by atoms with E-state index < -0.39 is 14.4 Å². The van der Waals surface area contributed by atoms with Gasteiger partial charge in [-0.25, -0.2) is 0 Å². The van der Waals surface area contributed by atoms with Gasteiger partial charge in [-0.1, -0.05) is 116 Å². The fraction of sp³-hybridized carbons (Fsp3) is 0.345. The number of rotatable bonds is 16. The molecule has 6 aromatic carbocycles. The molecule has 0 aromatic heterocycles. The van der Waals surface area contributed by atoms with Crippen LogP contribution >= 0.6 is 0 Å². The SMILES string of the molecule is CB(Oc1ccc(O)cc1Cc1cc(O)ccc1OB(Oc1cc(C)ccc1C(C)C)Oc1cc(C)ccc1C(C)C)Oc1cc(C)ccc1C(C)C.Cc1ccc(C(C)C)c(C)c1. The van der Waals surface area contributed by atoms with Crippen LogP contribution in [0.4, 0.5) is 0 Å². The second-order valence-corrected chi connectivity index (χ2v) is 18.3. The van der Waals surface area contributed by atoms with Crippen LogP contribution in [0.5, 0.6) is 40.2 Å². The summed E-state index contributed by atoms with van der Waals surface area (Å²) in [6.07, 6.45) is 0.248. The second kappa shape index (κ2) is 22.1. The average Bonchev–Trinajstić information content (AvgIpc) is 3.19. The van der Waals surface area contributed by atoms with Crippen LogP contribution < -0.4 is 23.3 Å². The lowest BCUT2D eigenvalue weighted by Crippen LogP contribution is -2.38. The number of hydrogen-bond donors (Lipinski definition) is 2. The van der Waals surface area contributed by atoms with Crippen LogP contribution in [0.1, 0.15) is 140 Å². The standard InChI is InChI=1S/C44H52B2O7.C11H16/c1-27(2)37-16-11-30(7)21-42(37)50-45(10)49-40-19-14-35(47)25-33(40)24-34-26-36(48)15-20-41(34)51-46(52-43-22-31(8)12-17-38(43)28(3)4)53-44-23-32(9)13-18-39(44)29(5)6;1-8(2)11-6-5-9(3)7-10(11)4/h11-23,25-29,47-48H,24H2,1-10H3;5-8H,1-4H3. The molecule has 64 heavy (non-hydrogen) atoms. The van der Waals surface area contributed by atoms with Crippen molar-refractivity contribution >= 4 is 14.4 Å². The van der Waals surface area contributed by atoms with Crippen molar-refractivity contribution in [3.63, 3.8) is 0 Å². The van der Waals surface area contributed by atoms with Crippen LogP contribution in [0.3, 0.4) is 0 Å². The minimum atomic E-state index is -1.19. The van der Waals surface area contributed by atoms with Crippen molar-refractivity contribution < 1.29 is 33.5 Å². The second-order valence-electron chi connectivity index (χ2n) is 18.3. The van der Waals surface area contributed by atoms with Crippen LogP contribution in [0.25, 0.3) is 0 Å². The summed E-state index contributed by atoms with van der Waals surface area (Å²) < 4.78 is 32.5. The molecule has 336 valence electrons. The Morgan fingerprint density at radius 2 is 0.719 bits per heavy atom. The van der Waals surface area contributed by atoms with E-state index in [1.165, 1.54) is 16.7 Å². The zero-order valence-corrected chi connectivity index (χ0v) is 40.5. The highest BCUT2D eigenvalue weighted by molar-refractivity contribution is 6.44. The van der Waals surface area contributed by atoms with Gasteiger partial charge in [-0.3, -0.25) is 0 Å². The van der Waals surface area contributed by atoms with Gasteiger partial charge in [-0.05, 0) is 164 Å². The van der Waals surface area contributed by atoms with Gasteiger partial charge in [0, 0.05) is 17.5 Å². The van der Waals surface area contributed by atoms with Gasteiger partial charge in [0.05, 0.1) is 0 Å². The van der Waals surface area contributed by atoms with Crippen LogP contribution in [-0.2, 0) is 6.42 Å². The molecule has 0 aliphatic carbocycles. The largest absolute Gasteiger partial charge is 0.864 e. The molecule has 0 amide bonds. The molecule has 0 saturated heterocycles. The maximum absolute atomic E-state index is 10.7. The third kappa shape index (κ3) is 13.5. The van der Waals surface area contributed by atoms with Gasteiger partial charge < -0.3 is 33.5 Å². The number of aromatic hydroxyl groups is 2. The summed E-state index contributed by atoms with van der Waals surface area (Å²) >= 11 is 0. The molecule has 6 aromatic rings. The van der Waals surface area contributed by atoms with Crippen LogP contribution in [-0.4, -0.2) is 24.7 Å². The Morgan fingerprint density at radius 3 is 1.11 bits per heavy atom. The van der Waals surface area contributed by atoms with Crippen molar-refractivity contribution in [3.05, 3.63) is 170 Å². The smallest absolute Gasteiger partial charge is 0.526 e. The summed E-state index contributed by atoms with van der Waals surface area (Å²) in [7, 11) is -1.83. The van der Waals surface area contributed by atoms with Crippen LogP contribution in [0.2, 0.25) is 6.82 Å². The highest BCUT2D eigenvalue weighted by Crippen LogP contribution is 2.36. The van der Waals surface area contributed by atoms with Gasteiger partial charge >= 0.3 is 14.4 Å². The van der Waals surface area contributed by atoms with E-state index in [-0.39, 0.29) is 35.7 Å². The quantitative estimate of drug-likeness (QED) is 0.0937. The van der Waals surface area contributed by atoms with Crippen LogP contribution in [0, 0.1) is 34.6 Å². The number of benzene rings is 6. The maximum atomic E-state index is 10.7. The minimum absolute atomic E-state index is 0.0623. The topological polar surface area (TPSA) is 86.6 Å². The molecule has 0 heterocycles. The van der Waals surface area contributed by atoms with Crippen LogP contribution in [0.15, 0.2) is 109 Å². The molecule has 0 bridgehead atoms. The first kappa shape index (κ1) is 49.1. The first-order valence-electron chi connectivity index (χ1n) is 22.6. The molecule has 0 aliphatic heterocycles. The summed E-state index contributed by atoms with van der Waals surface area (Å²) in [5.74, 6) is 4.50. The fourth-order valence-electron chi connectivity index (χ4n) is 7.74. The van der Waals surface area contributed by atoms with E-state index in [2.05, 4.69) is 124 Å². The lowest BCUT2D eigenvalue weighted by molar-refractivity contribution is 0.302. The zero-order chi connectivity index (χ0) is 46.8. The van der Waals surface area contributed by atoms with Gasteiger partial charge in [-0.15, -0.1) is 0 Å². The molecule has 7 nitrogen and oxygen atoms in total. The van der Waals surface area contributed by atoms with Gasteiger partial charge in [-0.2, -0.15) is 0 Å². The van der Waals surface area contributed by atoms with Gasteiger partial charge in [0.1, 0.15) is 40.2 Å². The lowest BCUT2D eigenvalue weighted by atomic mass is 9.92. The summed E-state index contributed by atoms with van der Waals surface area (Å²) in [6.45, 7) is 29.4. The van der Waals surface area contributed by atoms with Gasteiger partial charge in [0.2, 0.25) is 0 Å². The minimum Gasteiger partial charge on any atom is -0.526 e. The number of hydrogen-bond acceptors (Lipinski definition) is 7. The molecule has 0 radical (unpaired) electrons. The third-order valence-electron chi connectivity index (χ3n) is 11.1. The number of aryl methyl sites for hydroxylation is 5. The molecule has 0 unspecified atom stereocenters. The molecular weight excluding hydrogens is 794 g/mol.